The van der Waals surface area contributed by atoms with Gasteiger partial charge in [0.2, 0.25) is 5.95 Å². The second-order valence-corrected chi connectivity index (χ2v) is 4.62. The van der Waals surface area contributed by atoms with E-state index in [0.717, 1.165) is 31.6 Å². The first-order valence-electron chi connectivity index (χ1n) is 6.16. The number of fused-ring (bicyclic) bond motifs is 1. The molecule has 1 aliphatic heterocycles. The van der Waals surface area contributed by atoms with Crippen LogP contribution >= 0.6 is 0 Å². The molecular weight excluding hydrogens is 232 g/mol. The summed E-state index contributed by atoms with van der Waals surface area (Å²) in [5.74, 6) is 1.09. The predicted octanol–water partition coefficient (Wildman–Crippen LogP) is -0.483. The van der Waals surface area contributed by atoms with Gasteiger partial charge in [-0.1, -0.05) is 6.92 Å². The highest BCUT2D eigenvalue weighted by molar-refractivity contribution is 5.40. The molecular formula is C11H16N6O. The zero-order valence-corrected chi connectivity index (χ0v) is 10.3. The van der Waals surface area contributed by atoms with Gasteiger partial charge in [0, 0.05) is 30.9 Å². The lowest BCUT2D eigenvalue weighted by atomic mass is 10.3. The van der Waals surface area contributed by atoms with Crippen molar-refractivity contribution in [1.82, 2.24) is 19.6 Å². The molecule has 1 fully saturated rings. The molecule has 2 aromatic rings. The van der Waals surface area contributed by atoms with E-state index in [-0.39, 0.29) is 11.6 Å². The van der Waals surface area contributed by atoms with Crippen LogP contribution in [0.15, 0.2) is 10.9 Å². The minimum Gasteiger partial charge on any atom is -0.340 e. The van der Waals surface area contributed by atoms with E-state index >= 15 is 0 Å². The summed E-state index contributed by atoms with van der Waals surface area (Å²) in [7, 11) is 0. The molecule has 1 aliphatic rings. The maximum atomic E-state index is 11.9. The summed E-state index contributed by atoms with van der Waals surface area (Å²) in [5.41, 5.74) is 6.50. The van der Waals surface area contributed by atoms with Crippen LogP contribution in [0, 0.1) is 0 Å². The lowest BCUT2D eigenvalue weighted by molar-refractivity contribution is 0.749. The molecule has 96 valence electrons. The summed E-state index contributed by atoms with van der Waals surface area (Å²) in [6, 6.07) is 1.71. The summed E-state index contributed by atoms with van der Waals surface area (Å²) in [4.78, 5) is 22.6. The number of H-pyrrole nitrogens is 1. The second kappa shape index (κ2) is 4.09. The van der Waals surface area contributed by atoms with Gasteiger partial charge in [0.05, 0.1) is 0 Å². The van der Waals surface area contributed by atoms with Crippen molar-refractivity contribution in [2.24, 2.45) is 5.73 Å². The molecule has 0 amide bonds. The van der Waals surface area contributed by atoms with Crippen LogP contribution < -0.4 is 16.2 Å². The fourth-order valence-corrected chi connectivity index (χ4v) is 2.22. The highest BCUT2D eigenvalue weighted by atomic mass is 16.1. The molecule has 0 radical (unpaired) electrons. The SMILES string of the molecule is CCc1cc(=O)n2[nH]c(N3CC[C@@H](N)C3)nc2n1. The molecule has 0 bridgehead atoms. The molecule has 0 aliphatic carbocycles. The highest BCUT2D eigenvalue weighted by Gasteiger charge is 2.22. The van der Waals surface area contributed by atoms with Crippen LogP contribution in [0.4, 0.5) is 5.95 Å². The van der Waals surface area contributed by atoms with Crippen molar-refractivity contribution in [2.75, 3.05) is 18.0 Å². The Morgan fingerprint density at radius 2 is 2.39 bits per heavy atom. The average molecular weight is 248 g/mol. The van der Waals surface area contributed by atoms with Crippen molar-refractivity contribution >= 4 is 11.7 Å². The number of nitrogens with zero attached hydrogens (tertiary/aromatic N) is 4. The van der Waals surface area contributed by atoms with Crippen LogP contribution in [0.2, 0.25) is 0 Å². The first-order valence-corrected chi connectivity index (χ1v) is 6.16. The Morgan fingerprint density at radius 1 is 1.56 bits per heavy atom. The van der Waals surface area contributed by atoms with Gasteiger partial charge in [-0.05, 0) is 12.8 Å². The molecule has 0 aromatic carbocycles. The maximum absolute atomic E-state index is 11.9. The van der Waals surface area contributed by atoms with Crippen molar-refractivity contribution in [3.63, 3.8) is 0 Å². The van der Waals surface area contributed by atoms with Gasteiger partial charge in [0.1, 0.15) is 0 Å². The Kier molecular flexibility index (Phi) is 2.55. The van der Waals surface area contributed by atoms with Crippen molar-refractivity contribution in [1.29, 1.82) is 0 Å². The Labute approximate surface area is 104 Å². The summed E-state index contributed by atoms with van der Waals surface area (Å²) in [6.45, 7) is 3.58. The van der Waals surface area contributed by atoms with E-state index in [1.807, 2.05) is 11.8 Å². The van der Waals surface area contributed by atoms with E-state index in [4.69, 9.17) is 5.73 Å². The molecule has 0 saturated carbocycles. The third kappa shape index (κ3) is 1.76. The molecule has 3 rings (SSSR count). The maximum Gasteiger partial charge on any atom is 0.274 e. The Balaban J connectivity index is 2.05. The number of rotatable bonds is 2. The molecule has 2 aromatic heterocycles. The molecule has 1 atom stereocenters. The number of aryl methyl sites for hydroxylation is 1. The number of hydrogen-bond donors (Lipinski definition) is 2. The molecule has 7 nitrogen and oxygen atoms in total. The van der Waals surface area contributed by atoms with Crippen molar-refractivity contribution in [2.45, 2.75) is 25.8 Å². The normalized spacial score (nSPS) is 19.9. The number of hydrogen-bond acceptors (Lipinski definition) is 5. The van der Waals surface area contributed by atoms with Crippen molar-refractivity contribution < 1.29 is 0 Å². The monoisotopic (exact) mass is 248 g/mol. The van der Waals surface area contributed by atoms with E-state index in [9.17, 15) is 4.79 Å². The molecule has 18 heavy (non-hydrogen) atoms. The van der Waals surface area contributed by atoms with Crippen molar-refractivity contribution in [3.05, 3.63) is 22.1 Å². The highest BCUT2D eigenvalue weighted by Crippen LogP contribution is 2.15. The zero-order chi connectivity index (χ0) is 12.7. The quantitative estimate of drug-likeness (QED) is 0.748. The van der Waals surface area contributed by atoms with Gasteiger partial charge in [-0.3, -0.25) is 9.89 Å². The molecule has 7 heteroatoms. The summed E-state index contributed by atoms with van der Waals surface area (Å²) < 4.78 is 1.37. The Morgan fingerprint density at radius 3 is 3.06 bits per heavy atom. The predicted molar refractivity (Wildman–Crippen MR) is 67.8 cm³/mol. The first kappa shape index (κ1) is 11.2. The van der Waals surface area contributed by atoms with Gasteiger partial charge >= 0.3 is 0 Å². The van der Waals surface area contributed by atoms with Crippen LogP contribution in [0.5, 0.6) is 0 Å². The van der Waals surface area contributed by atoms with Gasteiger partial charge in [-0.2, -0.15) is 9.50 Å². The van der Waals surface area contributed by atoms with E-state index in [2.05, 4.69) is 15.1 Å². The van der Waals surface area contributed by atoms with Crippen molar-refractivity contribution in [3.8, 4) is 0 Å². The van der Waals surface area contributed by atoms with Crippen LogP contribution in [0.25, 0.3) is 5.78 Å². The number of nitrogens with two attached hydrogens (primary N) is 1. The largest absolute Gasteiger partial charge is 0.340 e. The Hall–Kier alpha value is -1.89. The molecule has 3 N–H and O–H groups in total. The molecule has 1 saturated heterocycles. The number of aromatic amines is 1. The molecule has 3 heterocycles. The van der Waals surface area contributed by atoms with Crippen LogP contribution in [-0.2, 0) is 6.42 Å². The fraction of sp³-hybridized carbons (Fsp3) is 0.545. The van der Waals surface area contributed by atoms with Crippen LogP contribution in [0.3, 0.4) is 0 Å². The van der Waals surface area contributed by atoms with Gasteiger partial charge < -0.3 is 10.6 Å². The Bertz CT molecular complexity index is 630. The standard InChI is InChI=1S/C11H16N6O/c1-2-8-5-9(18)17-10(13-8)14-11(15-17)16-4-3-7(12)6-16/h5,7H,2-4,6,12H2,1H3,(H,13,14,15)/t7-/m1/s1. The minimum atomic E-state index is -0.126. The van der Waals surface area contributed by atoms with Gasteiger partial charge in [-0.15, -0.1) is 0 Å². The topological polar surface area (TPSA) is 92.3 Å². The van der Waals surface area contributed by atoms with E-state index in [1.54, 1.807) is 0 Å². The number of nitrogens with one attached hydrogen (secondary N) is 1. The third-order valence-corrected chi connectivity index (χ3v) is 3.26. The summed E-state index contributed by atoms with van der Waals surface area (Å²) in [6.07, 6.45) is 1.67. The van der Waals surface area contributed by atoms with E-state index < -0.39 is 0 Å². The second-order valence-electron chi connectivity index (χ2n) is 4.62. The third-order valence-electron chi connectivity index (χ3n) is 3.26. The fourth-order valence-electron chi connectivity index (χ4n) is 2.22. The minimum absolute atomic E-state index is 0.126. The van der Waals surface area contributed by atoms with Crippen LogP contribution in [0.1, 0.15) is 19.0 Å². The van der Waals surface area contributed by atoms with Crippen LogP contribution in [-0.4, -0.2) is 38.7 Å². The molecule has 0 unspecified atom stereocenters. The van der Waals surface area contributed by atoms with E-state index in [0.29, 0.717) is 11.7 Å². The van der Waals surface area contributed by atoms with Gasteiger partial charge in [0.25, 0.3) is 11.3 Å². The number of aromatic nitrogens is 4. The number of anilines is 1. The first-order chi connectivity index (χ1) is 8.67. The molecule has 0 spiro atoms. The van der Waals surface area contributed by atoms with E-state index in [1.165, 1.54) is 10.6 Å². The zero-order valence-electron chi connectivity index (χ0n) is 10.3. The average Bonchev–Trinajstić information content (AvgIpc) is 2.94. The summed E-state index contributed by atoms with van der Waals surface area (Å²) in [5, 5.41) is 2.98. The smallest absolute Gasteiger partial charge is 0.274 e. The van der Waals surface area contributed by atoms with Gasteiger partial charge in [-0.25, -0.2) is 4.98 Å². The lowest BCUT2D eigenvalue weighted by Crippen LogP contribution is -2.27. The van der Waals surface area contributed by atoms with Gasteiger partial charge in [0.15, 0.2) is 0 Å². The lowest BCUT2D eigenvalue weighted by Gasteiger charge is -2.12. The summed E-state index contributed by atoms with van der Waals surface area (Å²) >= 11 is 0.